The summed E-state index contributed by atoms with van der Waals surface area (Å²) in [5.41, 5.74) is 2.32. The first-order valence-corrected chi connectivity index (χ1v) is 13.7. The van der Waals surface area contributed by atoms with Gasteiger partial charge in [-0.15, -0.1) is 0 Å². The number of nitrogens with one attached hydrogen (secondary N) is 2. The largest absolute Gasteiger partial charge is 0.480 e. The molecular formula is C31H39N5O5. The minimum absolute atomic E-state index is 0.297. The Balaban J connectivity index is 1.51. The Morgan fingerprint density at radius 3 is 2.20 bits per heavy atom. The van der Waals surface area contributed by atoms with Crippen LogP contribution >= 0.6 is 0 Å². The highest BCUT2D eigenvalue weighted by Gasteiger charge is 2.23. The number of ether oxygens (including phenoxy) is 1. The molecule has 3 aromatic rings. The smallest absolute Gasteiger partial charge is 0.410 e. The molecule has 0 spiro atoms. The summed E-state index contributed by atoms with van der Waals surface area (Å²) in [6.07, 6.45) is 4.40. The van der Waals surface area contributed by atoms with Crippen LogP contribution in [0.4, 0.5) is 4.79 Å². The lowest BCUT2D eigenvalue weighted by molar-refractivity contribution is -0.139. The fourth-order valence-corrected chi connectivity index (χ4v) is 3.98. The third-order valence-corrected chi connectivity index (χ3v) is 6.10. The molecule has 41 heavy (non-hydrogen) atoms. The van der Waals surface area contributed by atoms with Gasteiger partial charge in [0.25, 0.3) is 5.91 Å². The number of rotatable bonds is 14. The van der Waals surface area contributed by atoms with Crippen molar-refractivity contribution in [2.24, 2.45) is 0 Å². The lowest BCUT2D eigenvalue weighted by atomic mass is 10.1. The molecule has 3 rings (SSSR count). The van der Waals surface area contributed by atoms with Crippen molar-refractivity contribution in [2.75, 3.05) is 13.1 Å². The highest BCUT2D eigenvalue weighted by molar-refractivity contribution is 5.96. The van der Waals surface area contributed by atoms with E-state index in [0.717, 1.165) is 17.0 Å². The van der Waals surface area contributed by atoms with Gasteiger partial charge >= 0.3 is 12.1 Å². The standard InChI is InChI=1S/C31H39N5O5/c1-31(2,3)41-30(40)36(22-26-10-5-7-19-34-26)20-16-23-12-14-24(15-13-23)28(37)35-27(29(38)39)11-8-17-32-21-25-9-4-6-18-33-25/h4-7,9-10,12-15,18-19,27,32H,8,11,16-17,20-22H2,1-3H3,(H,35,37)(H,38,39)/t27-/m0/s1. The molecule has 0 fully saturated rings. The van der Waals surface area contributed by atoms with Gasteiger partial charge in [-0.25, -0.2) is 9.59 Å². The molecule has 0 radical (unpaired) electrons. The number of nitrogens with zero attached hydrogens (tertiary/aromatic N) is 3. The van der Waals surface area contributed by atoms with Crippen molar-refractivity contribution < 1.29 is 24.2 Å². The lowest BCUT2D eigenvalue weighted by Gasteiger charge is -2.27. The summed E-state index contributed by atoms with van der Waals surface area (Å²) in [6.45, 7) is 7.37. The first-order chi connectivity index (χ1) is 19.6. The Labute approximate surface area is 241 Å². The molecule has 0 unspecified atom stereocenters. The van der Waals surface area contributed by atoms with E-state index in [1.807, 2.05) is 57.2 Å². The summed E-state index contributed by atoms with van der Waals surface area (Å²) in [6, 6.07) is 17.2. The van der Waals surface area contributed by atoms with Crippen LogP contribution in [0.2, 0.25) is 0 Å². The van der Waals surface area contributed by atoms with Crippen LogP contribution in [0.15, 0.2) is 73.1 Å². The third-order valence-electron chi connectivity index (χ3n) is 6.10. The van der Waals surface area contributed by atoms with Gasteiger partial charge in [-0.1, -0.05) is 24.3 Å². The summed E-state index contributed by atoms with van der Waals surface area (Å²) in [5.74, 6) is -1.52. The summed E-state index contributed by atoms with van der Waals surface area (Å²) in [7, 11) is 0. The topological polar surface area (TPSA) is 134 Å². The lowest BCUT2D eigenvalue weighted by Crippen LogP contribution is -2.41. The van der Waals surface area contributed by atoms with Crippen LogP contribution in [-0.4, -0.2) is 62.7 Å². The SMILES string of the molecule is CC(C)(C)OC(=O)N(CCc1ccc(C(=O)N[C@@H](CCCNCc2ccccn2)C(=O)O)cc1)Cc1ccccn1. The van der Waals surface area contributed by atoms with E-state index in [4.69, 9.17) is 4.74 Å². The van der Waals surface area contributed by atoms with E-state index in [1.54, 1.807) is 41.6 Å². The minimum atomic E-state index is -1.07. The Bertz CT molecular complexity index is 1250. The van der Waals surface area contributed by atoms with Crippen molar-refractivity contribution in [3.05, 3.63) is 95.6 Å². The van der Waals surface area contributed by atoms with Gasteiger partial charge in [0, 0.05) is 31.0 Å². The third kappa shape index (κ3) is 11.4. The average Bonchev–Trinajstić information content (AvgIpc) is 2.94. The first kappa shape index (κ1) is 31.2. The Kier molecular flexibility index (Phi) is 11.8. The minimum Gasteiger partial charge on any atom is -0.480 e. The Morgan fingerprint density at radius 2 is 1.61 bits per heavy atom. The molecule has 2 heterocycles. The number of carboxylic acids is 1. The highest BCUT2D eigenvalue weighted by atomic mass is 16.6. The highest BCUT2D eigenvalue weighted by Crippen LogP contribution is 2.14. The number of carboxylic acid groups (broad SMARTS) is 1. The molecule has 0 aliphatic rings. The van der Waals surface area contributed by atoms with Gasteiger partial charge in [0.2, 0.25) is 0 Å². The van der Waals surface area contributed by atoms with Crippen LogP contribution in [0.25, 0.3) is 0 Å². The van der Waals surface area contributed by atoms with Gasteiger partial charge in [0.15, 0.2) is 0 Å². The maximum Gasteiger partial charge on any atom is 0.410 e. The Hall–Kier alpha value is -4.31. The van der Waals surface area contributed by atoms with Crippen molar-refractivity contribution >= 4 is 18.0 Å². The van der Waals surface area contributed by atoms with E-state index < -0.39 is 29.6 Å². The molecule has 2 aromatic heterocycles. The molecule has 1 atom stereocenters. The summed E-state index contributed by atoms with van der Waals surface area (Å²) in [5, 5.41) is 15.5. The second kappa shape index (κ2) is 15.5. The first-order valence-electron chi connectivity index (χ1n) is 13.7. The number of carbonyl (C=O) groups excluding carboxylic acids is 2. The van der Waals surface area contributed by atoms with E-state index in [2.05, 4.69) is 20.6 Å². The zero-order valence-electron chi connectivity index (χ0n) is 23.9. The van der Waals surface area contributed by atoms with Gasteiger partial charge in [-0.2, -0.15) is 0 Å². The van der Waals surface area contributed by atoms with Crippen LogP contribution in [0.3, 0.4) is 0 Å². The molecule has 2 amide bonds. The van der Waals surface area contributed by atoms with Gasteiger partial charge in [0.1, 0.15) is 11.6 Å². The number of carbonyl (C=O) groups is 3. The molecule has 0 saturated heterocycles. The number of benzene rings is 1. The number of hydrogen-bond donors (Lipinski definition) is 3. The Morgan fingerprint density at radius 1 is 0.951 bits per heavy atom. The van der Waals surface area contributed by atoms with Crippen LogP contribution in [0, 0.1) is 0 Å². The molecule has 1 aromatic carbocycles. The second-order valence-corrected chi connectivity index (χ2v) is 10.7. The van der Waals surface area contributed by atoms with Crippen LogP contribution in [0.1, 0.15) is 60.9 Å². The second-order valence-electron chi connectivity index (χ2n) is 10.7. The van der Waals surface area contributed by atoms with Crippen LogP contribution in [-0.2, 0) is 29.0 Å². The van der Waals surface area contributed by atoms with Gasteiger partial charge in [-0.3, -0.25) is 14.8 Å². The quantitative estimate of drug-likeness (QED) is 0.249. The number of aromatic nitrogens is 2. The molecular weight excluding hydrogens is 522 g/mol. The van der Waals surface area contributed by atoms with E-state index >= 15 is 0 Å². The molecule has 0 bridgehead atoms. The predicted molar refractivity (Wildman–Crippen MR) is 155 cm³/mol. The molecule has 0 aliphatic carbocycles. The average molecular weight is 562 g/mol. The van der Waals surface area contributed by atoms with Gasteiger partial charge in [-0.05, 0) is 88.5 Å². The van der Waals surface area contributed by atoms with Crippen LogP contribution < -0.4 is 10.6 Å². The number of pyridine rings is 2. The van der Waals surface area contributed by atoms with Gasteiger partial charge < -0.3 is 25.4 Å². The molecule has 218 valence electrons. The number of hydrogen-bond acceptors (Lipinski definition) is 7. The van der Waals surface area contributed by atoms with Crippen molar-refractivity contribution in [2.45, 2.75) is 64.8 Å². The van der Waals surface area contributed by atoms with Crippen molar-refractivity contribution in [1.29, 1.82) is 0 Å². The maximum atomic E-state index is 12.8. The maximum absolute atomic E-state index is 12.8. The monoisotopic (exact) mass is 561 g/mol. The zero-order valence-corrected chi connectivity index (χ0v) is 23.9. The number of amides is 2. The van der Waals surface area contributed by atoms with Crippen molar-refractivity contribution in [1.82, 2.24) is 25.5 Å². The van der Waals surface area contributed by atoms with Gasteiger partial charge in [0.05, 0.1) is 17.9 Å². The van der Waals surface area contributed by atoms with Crippen molar-refractivity contribution in [3.8, 4) is 0 Å². The zero-order chi connectivity index (χ0) is 29.7. The summed E-state index contributed by atoms with van der Waals surface area (Å²) >= 11 is 0. The van der Waals surface area contributed by atoms with E-state index in [9.17, 15) is 19.5 Å². The molecule has 3 N–H and O–H groups in total. The predicted octanol–water partition coefficient (Wildman–Crippen LogP) is 4.21. The fourth-order valence-electron chi connectivity index (χ4n) is 3.98. The number of aliphatic carboxylic acids is 1. The fraction of sp³-hybridized carbons (Fsp3) is 0.387. The summed E-state index contributed by atoms with van der Waals surface area (Å²) < 4.78 is 5.58. The molecule has 10 heteroatoms. The summed E-state index contributed by atoms with van der Waals surface area (Å²) in [4.78, 5) is 47.5. The molecule has 10 nitrogen and oxygen atoms in total. The van der Waals surface area contributed by atoms with E-state index in [1.165, 1.54) is 0 Å². The van der Waals surface area contributed by atoms with E-state index in [0.29, 0.717) is 51.0 Å². The molecule has 0 aliphatic heterocycles. The normalized spacial score (nSPS) is 11.9. The van der Waals surface area contributed by atoms with Crippen molar-refractivity contribution in [3.63, 3.8) is 0 Å². The molecule has 0 saturated carbocycles. The van der Waals surface area contributed by atoms with Crippen LogP contribution in [0.5, 0.6) is 0 Å². The van der Waals surface area contributed by atoms with E-state index in [-0.39, 0.29) is 0 Å².